The Morgan fingerprint density at radius 3 is 1.97 bits per heavy atom. The first-order chi connectivity index (χ1) is 18.8. The maximum Gasteiger partial charge on any atom is 0.335 e. The highest BCUT2D eigenvalue weighted by molar-refractivity contribution is 5.88. The molecule has 2 aliphatic carbocycles. The maximum atomic E-state index is 12.1. The average Bonchev–Trinajstić information content (AvgIpc) is 2.97. The fraction of sp³-hybridized carbons (Fsp3) is 0.647. The summed E-state index contributed by atoms with van der Waals surface area (Å²) in [5, 5.41) is 9.16. The molecule has 1 N–H and O–H groups in total. The van der Waals surface area contributed by atoms with E-state index in [4.69, 9.17) is 14.6 Å². The minimum absolute atomic E-state index is 0.0370. The Hall–Kier alpha value is -2.40. The summed E-state index contributed by atoms with van der Waals surface area (Å²) in [5.74, 6) is 1.50. The molecule has 1 atom stereocenters. The lowest BCUT2D eigenvalue weighted by molar-refractivity contribution is -0.146. The Kier molecular flexibility index (Phi) is 12.8. The molecule has 0 aliphatic heterocycles. The Morgan fingerprint density at radius 2 is 1.44 bits per heavy atom. The van der Waals surface area contributed by atoms with Crippen molar-refractivity contribution in [2.45, 2.75) is 96.8 Å². The predicted molar refractivity (Wildman–Crippen MR) is 156 cm³/mol. The largest absolute Gasteiger partial charge is 0.462 e. The Morgan fingerprint density at radius 1 is 0.872 bits per heavy atom. The van der Waals surface area contributed by atoms with E-state index >= 15 is 0 Å². The average molecular weight is 539 g/mol. The lowest BCUT2D eigenvalue weighted by Crippen LogP contribution is -2.33. The smallest absolute Gasteiger partial charge is 0.335 e. The van der Waals surface area contributed by atoms with Gasteiger partial charge in [0.15, 0.2) is 0 Å². The van der Waals surface area contributed by atoms with Gasteiger partial charge in [-0.05, 0) is 106 Å². The summed E-state index contributed by atoms with van der Waals surface area (Å²) < 4.78 is 10.9. The number of rotatable bonds is 14. The van der Waals surface area contributed by atoms with E-state index in [0.29, 0.717) is 17.4 Å². The van der Waals surface area contributed by atoms with Crippen LogP contribution in [0.25, 0.3) is 0 Å². The number of hydrogen-bond donors (Lipinski definition) is 1. The molecule has 2 saturated carbocycles. The van der Waals surface area contributed by atoms with Gasteiger partial charge in [-0.1, -0.05) is 57.2 Å². The molecule has 0 radical (unpaired) electrons. The third-order valence-electron chi connectivity index (χ3n) is 9.13. The van der Waals surface area contributed by atoms with E-state index in [0.717, 1.165) is 24.7 Å². The quantitative estimate of drug-likeness (QED) is 0.153. The number of ether oxygens (including phenoxy) is 2. The van der Waals surface area contributed by atoms with Crippen LogP contribution < -0.4 is 0 Å². The van der Waals surface area contributed by atoms with Gasteiger partial charge >= 0.3 is 11.9 Å². The normalized spacial score (nSPS) is 24.0. The van der Waals surface area contributed by atoms with Crippen LogP contribution in [0.5, 0.6) is 0 Å². The standard InChI is InChI=1S/C34H50O5/c1-5-6-7-8-26-9-11-27(12-10-26)28-13-15-29(16-14-28)30-17-19-31(20-18-30)32(22-38-33(36)24(2)3)23-39-34(37)25(4)21-35/h9-12,28-32,35H,2,4-8,13-23H2,1,3H3. The Labute approximate surface area is 236 Å². The summed E-state index contributed by atoms with van der Waals surface area (Å²) in [6.07, 6.45) is 14.7. The van der Waals surface area contributed by atoms with E-state index in [1.165, 1.54) is 75.3 Å². The lowest BCUT2D eigenvalue weighted by Gasteiger charge is -2.39. The summed E-state index contributed by atoms with van der Waals surface area (Å²) in [7, 11) is 0. The number of carbonyl (C=O) groups is 2. The molecule has 5 nitrogen and oxygen atoms in total. The maximum absolute atomic E-state index is 12.1. The third kappa shape index (κ3) is 9.63. The molecule has 1 aromatic carbocycles. The van der Waals surface area contributed by atoms with Gasteiger partial charge in [-0.3, -0.25) is 0 Å². The van der Waals surface area contributed by atoms with Crippen molar-refractivity contribution >= 4 is 11.9 Å². The van der Waals surface area contributed by atoms with Gasteiger partial charge in [0.1, 0.15) is 0 Å². The number of benzene rings is 1. The van der Waals surface area contributed by atoms with Crippen molar-refractivity contribution in [3.05, 3.63) is 59.7 Å². The summed E-state index contributed by atoms with van der Waals surface area (Å²) in [5.41, 5.74) is 3.39. The molecule has 1 unspecified atom stereocenters. The molecular weight excluding hydrogens is 488 g/mol. The molecule has 0 bridgehead atoms. The Balaban J connectivity index is 1.47. The zero-order valence-electron chi connectivity index (χ0n) is 24.3. The van der Waals surface area contributed by atoms with Crippen LogP contribution in [-0.4, -0.2) is 36.9 Å². The molecule has 0 amide bonds. The molecule has 3 rings (SSSR count). The van der Waals surface area contributed by atoms with Gasteiger partial charge in [-0.2, -0.15) is 0 Å². The molecule has 0 aromatic heterocycles. The SMILES string of the molecule is C=C(C)C(=O)OCC(COC(=O)C(=C)CO)C1CCC(C2CCC(c3ccc(CCCCC)cc3)CC2)CC1. The molecule has 2 fully saturated rings. The van der Waals surface area contributed by atoms with Gasteiger partial charge < -0.3 is 14.6 Å². The topological polar surface area (TPSA) is 72.8 Å². The number of hydrogen-bond acceptors (Lipinski definition) is 5. The lowest BCUT2D eigenvalue weighted by atomic mass is 9.67. The molecular formula is C34H50O5. The first kappa shape index (κ1) is 31.1. The monoisotopic (exact) mass is 538 g/mol. The number of aliphatic hydroxyl groups excluding tert-OH is 1. The van der Waals surface area contributed by atoms with Crippen LogP contribution in [0.15, 0.2) is 48.6 Å². The van der Waals surface area contributed by atoms with Crippen molar-refractivity contribution in [3.63, 3.8) is 0 Å². The minimum Gasteiger partial charge on any atom is -0.462 e. The Bertz CT molecular complexity index is 933. The van der Waals surface area contributed by atoms with Gasteiger partial charge in [0.25, 0.3) is 0 Å². The summed E-state index contributed by atoms with van der Waals surface area (Å²) in [6.45, 7) is 11.0. The number of unbranched alkanes of at least 4 members (excludes halogenated alkanes) is 2. The van der Waals surface area contributed by atoms with Crippen LogP contribution in [0.4, 0.5) is 0 Å². The van der Waals surface area contributed by atoms with Crippen molar-refractivity contribution in [1.29, 1.82) is 0 Å². The molecule has 39 heavy (non-hydrogen) atoms. The van der Waals surface area contributed by atoms with Gasteiger partial charge in [0.05, 0.1) is 25.4 Å². The van der Waals surface area contributed by atoms with Crippen LogP contribution in [0.3, 0.4) is 0 Å². The molecule has 216 valence electrons. The van der Waals surface area contributed by atoms with E-state index in [9.17, 15) is 9.59 Å². The first-order valence-electron chi connectivity index (χ1n) is 15.2. The van der Waals surface area contributed by atoms with Gasteiger partial charge in [0, 0.05) is 11.5 Å². The van der Waals surface area contributed by atoms with Crippen molar-refractivity contribution in [2.24, 2.45) is 23.7 Å². The fourth-order valence-corrected chi connectivity index (χ4v) is 6.52. The van der Waals surface area contributed by atoms with Crippen molar-refractivity contribution < 1.29 is 24.2 Å². The van der Waals surface area contributed by atoms with Gasteiger partial charge in [0.2, 0.25) is 0 Å². The first-order valence-corrected chi connectivity index (χ1v) is 15.2. The van der Waals surface area contributed by atoms with E-state index in [2.05, 4.69) is 44.3 Å². The highest BCUT2D eigenvalue weighted by Crippen LogP contribution is 2.45. The summed E-state index contributed by atoms with van der Waals surface area (Å²) in [4.78, 5) is 24.1. The summed E-state index contributed by atoms with van der Waals surface area (Å²) >= 11 is 0. The van der Waals surface area contributed by atoms with E-state index in [1.54, 1.807) is 6.92 Å². The van der Waals surface area contributed by atoms with E-state index < -0.39 is 18.5 Å². The minimum atomic E-state index is -0.592. The highest BCUT2D eigenvalue weighted by Gasteiger charge is 2.34. The predicted octanol–water partition coefficient (Wildman–Crippen LogP) is 7.33. The molecule has 1 aromatic rings. The highest BCUT2D eigenvalue weighted by atomic mass is 16.5. The second-order valence-corrected chi connectivity index (χ2v) is 12.0. The zero-order valence-corrected chi connectivity index (χ0v) is 24.3. The zero-order chi connectivity index (χ0) is 28.2. The van der Waals surface area contributed by atoms with E-state index in [-0.39, 0.29) is 24.7 Å². The van der Waals surface area contributed by atoms with Crippen LogP contribution in [0, 0.1) is 23.7 Å². The fourth-order valence-electron chi connectivity index (χ4n) is 6.52. The van der Waals surface area contributed by atoms with Crippen molar-refractivity contribution in [2.75, 3.05) is 19.8 Å². The molecule has 0 saturated heterocycles. The number of aryl methyl sites for hydroxylation is 1. The second kappa shape index (κ2) is 16.0. The van der Waals surface area contributed by atoms with Crippen molar-refractivity contribution in [1.82, 2.24) is 0 Å². The van der Waals surface area contributed by atoms with Gasteiger partial charge in [-0.25, -0.2) is 9.59 Å². The van der Waals surface area contributed by atoms with Crippen LogP contribution in [-0.2, 0) is 25.5 Å². The molecule has 0 heterocycles. The molecule has 2 aliphatic rings. The van der Waals surface area contributed by atoms with Crippen LogP contribution in [0.1, 0.15) is 102 Å². The van der Waals surface area contributed by atoms with Crippen LogP contribution in [0.2, 0.25) is 0 Å². The van der Waals surface area contributed by atoms with E-state index in [1.807, 2.05) is 0 Å². The second-order valence-electron chi connectivity index (χ2n) is 12.0. The van der Waals surface area contributed by atoms with Gasteiger partial charge in [-0.15, -0.1) is 0 Å². The van der Waals surface area contributed by atoms with Crippen molar-refractivity contribution in [3.8, 4) is 0 Å². The number of aliphatic hydroxyl groups is 1. The molecule has 5 heteroatoms. The molecule has 0 spiro atoms. The third-order valence-corrected chi connectivity index (χ3v) is 9.13. The van der Waals surface area contributed by atoms with Crippen LogP contribution >= 0.6 is 0 Å². The number of esters is 2. The number of carbonyl (C=O) groups excluding carboxylic acids is 2. The summed E-state index contributed by atoms with van der Waals surface area (Å²) in [6, 6.07) is 9.45.